The van der Waals surface area contributed by atoms with Gasteiger partial charge in [-0.05, 0) is 30.3 Å². The van der Waals surface area contributed by atoms with Crippen LogP contribution in [0.2, 0.25) is 5.02 Å². The number of carbonyl (C=O) groups is 1. The van der Waals surface area contributed by atoms with E-state index in [1.54, 1.807) is 6.07 Å². The molecule has 0 fully saturated rings. The van der Waals surface area contributed by atoms with E-state index in [0.29, 0.717) is 11.1 Å². The minimum atomic E-state index is -4.16. The van der Waals surface area contributed by atoms with Crippen LogP contribution in [-0.2, 0) is 14.8 Å². The van der Waals surface area contributed by atoms with E-state index in [1.807, 2.05) is 0 Å². The highest BCUT2D eigenvalue weighted by Crippen LogP contribution is 2.35. The number of nitrogens with zero attached hydrogens (tertiary/aromatic N) is 1. The summed E-state index contributed by atoms with van der Waals surface area (Å²) in [7, 11) is 0.200. The Morgan fingerprint density at radius 1 is 1.28 bits per heavy atom. The van der Waals surface area contributed by atoms with Gasteiger partial charge in [0.05, 0.1) is 25.0 Å². The number of rotatable bonds is 8. The molecule has 0 spiro atoms. The minimum absolute atomic E-state index is 0.0743. The number of phenols is 1. The lowest BCUT2D eigenvalue weighted by molar-refractivity contribution is 0.0741. The Balaban J connectivity index is 2.45. The first-order chi connectivity index (χ1) is 13.6. The number of carbonyl (C=O) groups excluding carboxylic acids is 1. The quantitative estimate of drug-likeness (QED) is 0.531. The standard InChI is InChI=1S/C18H20BrClN2O6S/c1-22(6-7-27-2)18(24)13-9-12(20)10-14(17(13)23)21-29(25,26)16-8-11(19)4-5-15(16)28-3/h4-5,8-10,21,23H,6-7H2,1-3H3. The molecule has 0 bridgehead atoms. The molecule has 0 radical (unpaired) electrons. The molecule has 0 aliphatic rings. The molecule has 29 heavy (non-hydrogen) atoms. The number of nitrogens with one attached hydrogen (secondary N) is 1. The SMILES string of the molecule is COCCN(C)C(=O)c1cc(Cl)cc(NS(=O)(=O)c2cc(Br)ccc2OC)c1O. The Morgan fingerprint density at radius 2 is 1.97 bits per heavy atom. The van der Waals surface area contributed by atoms with Gasteiger partial charge in [-0.1, -0.05) is 27.5 Å². The number of halogens is 2. The lowest BCUT2D eigenvalue weighted by Gasteiger charge is -2.19. The highest BCUT2D eigenvalue weighted by molar-refractivity contribution is 9.10. The average Bonchev–Trinajstić information content (AvgIpc) is 2.67. The Kier molecular flexibility index (Phi) is 7.75. The third-order valence-electron chi connectivity index (χ3n) is 3.94. The molecule has 0 aromatic heterocycles. The molecular weight excluding hydrogens is 488 g/mol. The number of anilines is 1. The Labute approximate surface area is 182 Å². The van der Waals surface area contributed by atoms with Crippen LogP contribution in [-0.4, -0.2) is 58.8 Å². The van der Waals surface area contributed by atoms with E-state index in [2.05, 4.69) is 20.7 Å². The van der Waals surface area contributed by atoms with E-state index in [1.165, 1.54) is 50.4 Å². The van der Waals surface area contributed by atoms with Gasteiger partial charge in [0.2, 0.25) is 0 Å². The van der Waals surface area contributed by atoms with E-state index in [0.717, 1.165) is 0 Å². The molecule has 8 nitrogen and oxygen atoms in total. The van der Waals surface area contributed by atoms with Crippen LogP contribution in [0.5, 0.6) is 11.5 Å². The van der Waals surface area contributed by atoms with Crippen molar-refractivity contribution >= 4 is 49.1 Å². The summed E-state index contributed by atoms with van der Waals surface area (Å²) in [6, 6.07) is 6.94. The average molecular weight is 508 g/mol. The van der Waals surface area contributed by atoms with E-state index in [-0.39, 0.29) is 33.5 Å². The van der Waals surface area contributed by atoms with Crippen molar-refractivity contribution in [2.45, 2.75) is 4.90 Å². The number of sulfonamides is 1. The molecule has 0 aliphatic heterocycles. The Bertz CT molecular complexity index is 1020. The second kappa shape index (κ2) is 9.66. The first-order valence-corrected chi connectivity index (χ1v) is 10.9. The van der Waals surface area contributed by atoms with Crippen LogP contribution in [0.1, 0.15) is 10.4 Å². The maximum absolute atomic E-state index is 12.9. The summed E-state index contributed by atoms with van der Waals surface area (Å²) in [5.41, 5.74) is -0.377. The fourth-order valence-corrected chi connectivity index (χ4v) is 4.42. The van der Waals surface area contributed by atoms with Crippen molar-refractivity contribution in [3.63, 3.8) is 0 Å². The fraction of sp³-hybridized carbons (Fsp3) is 0.278. The summed E-state index contributed by atoms with van der Waals surface area (Å²) in [5.74, 6) is -0.971. The maximum atomic E-state index is 12.9. The lowest BCUT2D eigenvalue weighted by atomic mass is 10.1. The topological polar surface area (TPSA) is 105 Å². The number of phenolic OH excluding ortho intramolecular Hbond substituents is 1. The van der Waals surface area contributed by atoms with Crippen molar-refractivity contribution in [1.82, 2.24) is 4.90 Å². The van der Waals surface area contributed by atoms with Crippen LogP contribution in [0.15, 0.2) is 39.7 Å². The van der Waals surface area contributed by atoms with Crippen LogP contribution in [0.3, 0.4) is 0 Å². The number of methoxy groups -OCH3 is 2. The van der Waals surface area contributed by atoms with Gasteiger partial charge in [0, 0.05) is 30.2 Å². The first kappa shape index (κ1) is 23.3. The first-order valence-electron chi connectivity index (χ1n) is 8.24. The van der Waals surface area contributed by atoms with Crippen LogP contribution in [0.25, 0.3) is 0 Å². The third kappa shape index (κ3) is 5.53. The van der Waals surface area contributed by atoms with Crippen molar-refractivity contribution < 1.29 is 27.8 Å². The van der Waals surface area contributed by atoms with Crippen LogP contribution in [0.4, 0.5) is 5.69 Å². The van der Waals surface area contributed by atoms with Crippen LogP contribution < -0.4 is 9.46 Å². The second-order valence-corrected chi connectivity index (χ2v) is 8.97. The van der Waals surface area contributed by atoms with Crippen molar-refractivity contribution in [3.8, 4) is 11.5 Å². The number of benzene rings is 2. The molecule has 0 saturated heterocycles. The summed E-state index contributed by atoms with van der Waals surface area (Å²) in [4.78, 5) is 13.8. The molecule has 2 N–H and O–H groups in total. The van der Waals surface area contributed by atoms with Gasteiger partial charge < -0.3 is 19.5 Å². The molecule has 2 aromatic rings. The largest absolute Gasteiger partial charge is 0.505 e. The highest BCUT2D eigenvalue weighted by atomic mass is 79.9. The molecule has 11 heteroatoms. The van der Waals surface area contributed by atoms with E-state index in [9.17, 15) is 18.3 Å². The smallest absolute Gasteiger partial charge is 0.265 e. The van der Waals surface area contributed by atoms with Crippen LogP contribution in [0, 0.1) is 0 Å². The van der Waals surface area contributed by atoms with Gasteiger partial charge in [-0.3, -0.25) is 9.52 Å². The molecule has 0 atom stereocenters. The predicted octanol–water partition coefficient (Wildman–Crippen LogP) is 3.34. The summed E-state index contributed by atoms with van der Waals surface area (Å²) < 4.78 is 38.6. The zero-order chi connectivity index (χ0) is 21.8. The molecule has 0 saturated carbocycles. The summed E-state index contributed by atoms with van der Waals surface area (Å²) in [6.07, 6.45) is 0. The van der Waals surface area contributed by atoms with Gasteiger partial charge in [-0.25, -0.2) is 8.42 Å². The predicted molar refractivity (Wildman–Crippen MR) is 113 cm³/mol. The number of aromatic hydroxyl groups is 1. The number of amides is 1. The van der Waals surface area contributed by atoms with Gasteiger partial charge in [0.25, 0.3) is 15.9 Å². The van der Waals surface area contributed by atoms with Crippen molar-refractivity contribution in [2.75, 3.05) is 39.1 Å². The van der Waals surface area contributed by atoms with E-state index in [4.69, 9.17) is 21.1 Å². The number of ether oxygens (including phenoxy) is 2. The van der Waals surface area contributed by atoms with Gasteiger partial charge in [0.15, 0.2) is 5.75 Å². The zero-order valence-corrected chi connectivity index (χ0v) is 19.1. The molecule has 2 rings (SSSR count). The zero-order valence-electron chi connectivity index (χ0n) is 15.9. The lowest BCUT2D eigenvalue weighted by Crippen LogP contribution is -2.30. The summed E-state index contributed by atoms with van der Waals surface area (Å²) in [5, 5.41) is 10.6. The van der Waals surface area contributed by atoms with E-state index < -0.39 is 21.7 Å². The number of hydrogen-bond acceptors (Lipinski definition) is 6. The molecule has 1 amide bonds. The molecule has 0 unspecified atom stereocenters. The number of hydrogen-bond donors (Lipinski definition) is 2. The molecule has 158 valence electrons. The van der Waals surface area contributed by atoms with Crippen LogP contribution >= 0.6 is 27.5 Å². The highest BCUT2D eigenvalue weighted by Gasteiger charge is 2.25. The maximum Gasteiger partial charge on any atom is 0.265 e. The van der Waals surface area contributed by atoms with E-state index >= 15 is 0 Å². The second-order valence-electron chi connectivity index (χ2n) is 5.97. The fourth-order valence-electron chi connectivity index (χ4n) is 2.44. The normalized spacial score (nSPS) is 11.2. The van der Waals surface area contributed by atoms with Crippen molar-refractivity contribution in [2.24, 2.45) is 0 Å². The molecular formula is C18H20BrClN2O6S. The van der Waals surface area contributed by atoms with Gasteiger partial charge in [-0.15, -0.1) is 0 Å². The van der Waals surface area contributed by atoms with Gasteiger partial charge >= 0.3 is 0 Å². The molecule has 2 aromatic carbocycles. The molecule has 0 aliphatic carbocycles. The Hall–Kier alpha value is -2.01. The van der Waals surface area contributed by atoms with Crippen molar-refractivity contribution in [1.29, 1.82) is 0 Å². The van der Waals surface area contributed by atoms with Gasteiger partial charge in [0.1, 0.15) is 10.6 Å². The number of likely N-dealkylation sites (N-methyl/N-ethyl adjacent to an activating group) is 1. The minimum Gasteiger partial charge on any atom is -0.505 e. The summed E-state index contributed by atoms with van der Waals surface area (Å²) in [6.45, 7) is 0.573. The summed E-state index contributed by atoms with van der Waals surface area (Å²) >= 11 is 9.28. The third-order valence-corrected chi connectivity index (χ3v) is 6.04. The molecule has 0 heterocycles. The van der Waals surface area contributed by atoms with Gasteiger partial charge in [-0.2, -0.15) is 0 Å². The van der Waals surface area contributed by atoms with Crippen molar-refractivity contribution in [3.05, 3.63) is 45.4 Å². The monoisotopic (exact) mass is 506 g/mol. The Morgan fingerprint density at radius 3 is 2.59 bits per heavy atom.